The number of aryl methyl sites for hydroxylation is 1. The third-order valence-electron chi connectivity index (χ3n) is 3.83. The minimum atomic E-state index is -0.737. The van der Waals surface area contributed by atoms with Crippen LogP contribution >= 0.6 is 0 Å². The van der Waals surface area contributed by atoms with Crippen molar-refractivity contribution in [2.75, 3.05) is 5.32 Å². The molecule has 0 saturated heterocycles. The van der Waals surface area contributed by atoms with Gasteiger partial charge in [-0.15, -0.1) is 5.10 Å². The van der Waals surface area contributed by atoms with Crippen molar-refractivity contribution in [2.24, 2.45) is 0 Å². The maximum atomic E-state index is 12.4. The van der Waals surface area contributed by atoms with Gasteiger partial charge in [-0.1, -0.05) is 41.0 Å². The van der Waals surface area contributed by atoms with Gasteiger partial charge in [0.15, 0.2) is 0 Å². The molecule has 7 nitrogen and oxygen atoms in total. The molecule has 4 rings (SSSR count). The molecule has 0 aliphatic heterocycles. The number of nitrogens with one attached hydrogen (secondary N) is 1. The number of carbonyl (C=O) groups excluding carboxylic acids is 1. The van der Waals surface area contributed by atoms with Gasteiger partial charge in [0.2, 0.25) is 5.89 Å². The molecule has 0 aliphatic carbocycles. The van der Waals surface area contributed by atoms with Crippen LogP contribution in [0.1, 0.15) is 15.9 Å². The standard InChI is InChI=1S/C19H13N3O4/c1-11-6-8-12(9-7-11)17-21-22-19(26-17)20-16(23)14-10-13-4-2-3-5-15(13)25-18(14)24/h2-10H,1H3,(H,20,22,23). The predicted molar refractivity (Wildman–Crippen MR) is 94.9 cm³/mol. The van der Waals surface area contributed by atoms with Crippen molar-refractivity contribution in [3.05, 3.63) is 76.1 Å². The summed E-state index contributed by atoms with van der Waals surface area (Å²) in [7, 11) is 0. The fourth-order valence-electron chi connectivity index (χ4n) is 2.47. The van der Waals surface area contributed by atoms with Crippen molar-refractivity contribution < 1.29 is 13.6 Å². The van der Waals surface area contributed by atoms with Crippen molar-refractivity contribution >= 4 is 22.9 Å². The van der Waals surface area contributed by atoms with Crippen LogP contribution in [0.25, 0.3) is 22.4 Å². The molecular weight excluding hydrogens is 334 g/mol. The van der Waals surface area contributed by atoms with Gasteiger partial charge >= 0.3 is 11.6 Å². The zero-order valence-electron chi connectivity index (χ0n) is 13.7. The lowest BCUT2D eigenvalue weighted by Crippen LogP contribution is -2.20. The third-order valence-corrected chi connectivity index (χ3v) is 3.83. The average molecular weight is 347 g/mol. The van der Waals surface area contributed by atoms with E-state index in [-0.39, 0.29) is 17.5 Å². The Kier molecular flexibility index (Phi) is 3.81. The highest BCUT2D eigenvalue weighted by atomic mass is 16.4. The molecule has 7 heteroatoms. The molecule has 1 N–H and O–H groups in total. The second kappa shape index (κ2) is 6.29. The smallest absolute Gasteiger partial charge is 0.349 e. The van der Waals surface area contributed by atoms with Crippen molar-refractivity contribution in [3.8, 4) is 11.5 Å². The quantitative estimate of drug-likeness (QED) is 0.570. The third kappa shape index (κ3) is 2.98. The number of fused-ring (bicyclic) bond motifs is 1. The lowest BCUT2D eigenvalue weighted by molar-refractivity contribution is 0.102. The van der Waals surface area contributed by atoms with Crippen LogP contribution in [0, 0.1) is 6.92 Å². The van der Waals surface area contributed by atoms with E-state index in [1.165, 1.54) is 6.07 Å². The number of nitrogens with zero attached hydrogens (tertiary/aromatic N) is 2. The SMILES string of the molecule is Cc1ccc(-c2nnc(NC(=O)c3cc4ccccc4oc3=O)o2)cc1. The minimum Gasteiger partial charge on any atom is -0.422 e. The number of amides is 1. The van der Waals surface area contributed by atoms with Crippen LogP contribution < -0.4 is 10.9 Å². The minimum absolute atomic E-state index is 0.0990. The lowest BCUT2D eigenvalue weighted by Gasteiger charge is -2.01. The molecule has 2 aromatic heterocycles. The van der Waals surface area contributed by atoms with Crippen LogP contribution in [0.3, 0.4) is 0 Å². The summed E-state index contributed by atoms with van der Waals surface area (Å²) in [5.41, 5.74) is 1.37. The van der Waals surface area contributed by atoms with E-state index < -0.39 is 11.5 Å². The number of rotatable bonds is 3. The van der Waals surface area contributed by atoms with Gasteiger partial charge in [-0.05, 0) is 31.2 Å². The molecule has 4 aromatic rings. The molecule has 2 aromatic carbocycles. The molecule has 0 atom stereocenters. The van der Waals surface area contributed by atoms with Crippen LogP contribution in [-0.4, -0.2) is 16.1 Å². The van der Waals surface area contributed by atoms with Crippen LogP contribution in [0.4, 0.5) is 6.01 Å². The molecule has 2 heterocycles. The predicted octanol–water partition coefficient (Wildman–Crippen LogP) is 3.40. The number of anilines is 1. The van der Waals surface area contributed by atoms with Crippen LogP contribution in [0.2, 0.25) is 0 Å². The fraction of sp³-hybridized carbons (Fsp3) is 0.0526. The van der Waals surface area contributed by atoms with Gasteiger partial charge in [-0.3, -0.25) is 10.1 Å². The molecule has 1 amide bonds. The van der Waals surface area contributed by atoms with Crippen LogP contribution in [0.5, 0.6) is 0 Å². The van der Waals surface area contributed by atoms with Crippen molar-refractivity contribution in [1.29, 1.82) is 0 Å². The van der Waals surface area contributed by atoms with E-state index >= 15 is 0 Å². The topological polar surface area (TPSA) is 98.2 Å². The molecule has 0 saturated carbocycles. The van der Waals surface area contributed by atoms with E-state index in [1.807, 2.05) is 31.2 Å². The number of hydrogen-bond acceptors (Lipinski definition) is 6. The first-order chi connectivity index (χ1) is 12.6. The van der Waals surface area contributed by atoms with Crippen molar-refractivity contribution in [2.45, 2.75) is 6.92 Å². The Balaban J connectivity index is 1.60. The van der Waals surface area contributed by atoms with Crippen LogP contribution in [-0.2, 0) is 0 Å². The van der Waals surface area contributed by atoms with E-state index in [4.69, 9.17) is 8.83 Å². The molecule has 0 aliphatic rings. The largest absolute Gasteiger partial charge is 0.422 e. The fourth-order valence-corrected chi connectivity index (χ4v) is 2.47. The average Bonchev–Trinajstić information content (AvgIpc) is 3.10. The highest BCUT2D eigenvalue weighted by molar-refractivity contribution is 6.04. The van der Waals surface area contributed by atoms with E-state index in [2.05, 4.69) is 15.5 Å². The second-order valence-electron chi connectivity index (χ2n) is 5.72. The van der Waals surface area contributed by atoms with Gasteiger partial charge in [0.1, 0.15) is 11.1 Å². The van der Waals surface area contributed by atoms with Crippen LogP contribution in [0.15, 0.2) is 68.2 Å². The first kappa shape index (κ1) is 15.8. The molecule has 26 heavy (non-hydrogen) atoms. The molecule has 0 radical (unpaired) electrons. The van der Waals surface area contributed by atoms with Gasteiger partial charge in [0, 0.05) is 10.9 Å². The zero-order chi connectivity index (χ0) is 18.1. The van der Waals surface area contributed by atoms with Crippen molar-refractivity contribution in [1.82, 2.24) is 10.2 Å². The normalized spacial score (nSPS) is 10.8. The summed E-state index contributed by atoms with van der Waals surface area (Å²) in [6, 6.07) is 15.8. The summed E-state index contributed by atoms with van der Waals surface area (Å²) in [5, 5.41) is 10.8. The number of carbonyl (C=O) groups is 1. The highest BCUT2D eigenvalue weighted by Crippen LogP contribution is 2.20. The maximum absolute atomic E-state index is 12.4. The van der Waals surface area contributed by atoms with E-state index in [9.17, 15) is 9.59 Å². The Morgan fingerprint density at radius 1 is 1.00 bits per heavy atom. The number of para-hydroxylation sites is 1. The van der Waals surface area contributed by atoms with Gasteiger partial charge < -0.3 is 8.83 Å². The van der Waals surface area contributed by atoms with E-state index in [0.29, 0.717) is 11.0 Å². The number of benzene rings is 2. The Morgan fingerprint density at radius 3 is 2.58 bits per heavy atom. The van der Waals surface area contributed by atoms with Gasteiger partial charge in [0.25, 0.3) is 5.91 Å². The Hall–Kier alpha value is -3.74. The molecule has 0 spiro atoms. The summed E-state index contributed by atoms with van der Waals surface area (Å²) in [5.74, 6) is -0.408. The summed E-state index contributed by atoms with van der Waals surface area (Å²) >= 11 is 0. The van der Waals surface area contributed by atoms with Gasteiger partial charge in [-0.25, -0.2) is 4.79 Å². The van der Waals surface area contributed by atoms with E-state index in [0.717, 1.165) is 11.1 Å². The monoisotopic (exact) mass is 347 g/mol. The summed E-state index contributed by atoms with van der Waals surface area (Å²) in [6.07, 6.45) is 0. The number of aromatic nitrogens is 2. The van der Waals surface area contributed by atoms with E-state index in [1.54, 1.807) is 24.3 Å². The Labute approximate surface area is 147 Å². The first-order valence-electron chi connectivity index (χ1n) is 7.85. The zero-order valence-corrected chi connectivity index (χ0v) is 13.7. The molecular formula is C19H13N3O4. The highest BCUT2D eigenvalue weighted by Gasteiger charge is 2.17. The molecule has 128 valence electrons. The lowest BCUT2D eigenvalue weighted by atomic mass is 10.1. The summed E-state index contributed by atoms with van der Waals surface area (Å²) in [6.45, 7) is 1.97. The van der Waals surface area contributed by atoms with Gasteiger partial charge in [0.05, 0.1) is 0 Å². The first-order valence-corrected chi connectivity index (χ1v) is 7.85. The second-order valence-corrected chi connectivity index (χ2v) is 5.72. The summed E-state index contributed by atoms with van der Waals surface area (Å²) in [4.78, 5) is 24.4. The molecule has 0 fully saturated rings. The number of hydrogen-bond donors (Lipinski definition) is 1. The molecule has 0 bridgehead atoms. The van der Waals surface area contributed by atoms with Crippen molar-refractivity contribution in [3.63, 3.8) is 0 Å². The Bertz CT molecular complexity index is 1160. The van der Waals surface area contributed by atoms with Gasteiger partial charge in [-0.2, -0.15) is 0 Å². The maximum Gasteiger partial charge on any atom is 0.349 e. The summed E-state index contributed by atoms with van der Waals surface area (Å²) < 4.78 is 10.6. The molecule has 0 unspecified atom stereocenters. The Morgan fingerprint density at radius 2 is 1.77 bits per heavy atom.